The third kappa shape index (κ3) is 6.18. The van der Waals surface area contributed by atoms with Crippen LogP contribution in [0, 0.1) is 0 Å². The van der Waals surface area contributed by atoms with Crippen LogP contribution in [0.15, 0.2) is 77.8 Å². The van der Waals surface area contributed by atoms with Crippen molar-refractivity contribution in [1.29, 1.82) is 0 Å². The summed E-state index contributed by atoms with van der Waals surface area (Å²) in [4.78, 5) is 21.5. The van der Waals surface area contributed by atoms with E-state index < -0.39 is 0 Å². The van der Waals surface area contributed by atoms with Crippen LogP contribution in [0.25, 0.3) is 22.4 Å². The van der Waals surface area contributed by atoms with Gasteiger partial charge in [-0.1, -0.05) is 0 Å². The number of fused-ring (bicyclic) bond motifs is 1. The van der Waals surface area contributed by atoms with E-state index in [1.807, 2.05) is 69.8 Å². The summed E-state index contributed by atoms with van der Waals surface area (Å²) in [5.74, 6) is 2.05. The number of nitrogens with one attached hydrogen (secondary N) is 3. The first-order valence-electron chi connectivity index (χ1n) is 12.7. The van der Waals surface area contributed by atoms with Crippen molar-refractivity contribution in [2.75, 3.05) is 16.0 Å². The van der Waals surface area contributed by atoms with Gasteiger partial charge in [-0.2, -0.15) is 5.10 Å². The van der Waals surface area contributed by atoms with Crippen LogP contribution in [-0.2, 0) is 5.54 Å². The van der Waals surface area contributed by atoms with Gasteiger partial charge in [0.15, 0.2) is 12.0 Å². The fourth-order valence-electron chi connectivity index (χ4n) is 3.90. The molecule has 10 heteroatoms. The summed E-state index contributed by atoms with van der Waals surface area (Å²) in [5.41, 5.74) is 3.77. The van der Waals surface area contributed by atoms with Crippen LogP contribution in [0.5, 0.6) is 11.5 Å². The molecule has 39 heavy (non-hydrogen) atoms. The number of carbonyl (C=O) groups is 1. The maximum absolute atomic E-state index is 13.0. The molecule has 0 aliphatic rings. The van der Waals surface area contributed by atoms with Crippen molar-refractivity contribution in [3.05, 3.63) is 73.4 Å². The molecule has 5 aromatic rings. The van der Waals surface area contributed by atoms with Crippen molar-refractivity contribution in [3.8, 4) is 22.8 Å². The first-order chi connectivity index (χ1) is 18.6. The van der Waals surface area contributed by atoms with Crippen LogP contribution in [-0.4, -0.2) is 31.8 Å². The Bertz CT molecular complexity index is 1600. The minimum Gasteiger partial charge on any atom is -0.457 e. The van der Waals surface area contributed by atoms with Crippen LogP contribution in [0.2, 0.25) is 0 Å². The molecule has 0 radical (unpaired) electrons. The van der Waals surface area contributed by atoms with Crippen molar-refractivity contribution < 1.29 is 13.9 Å². The molecule has 0 unspecified atom stereocenters. The monoisotopic (exact) mass is 525 g/mol. The molecule has 5 rings (SSSR count). The molecule has 0 spiro atoms. The molecule has 3 aromatic heterocycles. The number of aromatic nitrogens is 4. The molecule has 3 heterocycles. The molecule has 0 saturated carbocycles. The Morgan fingerprint density at radius 3 is 2.51 bits per heavy atom. The lowest BCUT2D eigenvalue weighted by atomic mass is 10.1. The van der Waals surface area contributed by atoms with Gasteiger partial charge in [-0.05, 0) is 83.1 Å². The van der Waals surface area contributed by atoms with Crippen molar-refractivity contribution in [3.63, 3.8) is 0 Å². The third-order valence-corrected chi connectivity index (χ3v) is 5.77. The number of urea groups is 1. The summed E-state index contributed by atoms with van der Waals surface area (Å²) in [7, 11) is 0. The van der Waals surface area contributed by atoms with E-state index >= 15 is 0 Å². The minimum absolute atomic E-state index is 0.264. The van der Waals surface area contributed by atoms with E-state index in [2.05, 4.69) is 25.9 Å². The third-order valence-electron chi connectivity index (χ3n) is 5.77. The molecular formula is C29H31N7O3. The number of anilines is 3. The molecule has 2 amide bonds. The van der Waals surface area contributed by atoms with Gasteiger partial charge in [0.25, 0.3) is 0 Å². The largest absolute Gasteiger partial charge is 0.457 e. The molecule has 0 aliphatic carbocycles. The maximum atomic E-state index is 13.0. The Morgan fingerprint density at radius 2 is 1.77 bits per heavy atom. The first kappa shape index (κ1) is 25.8. The lowest BCUT2D eigenvalue weighted by Gasteiger charge is -2.18. The molecule has 200 valence electrons. The van der Waals surface area contributed by atoms with Gasteiger partial charge < -0.3 is 25.1 Å². The average molecular weight is 526 g/mol. The van der Waals surface area contributed by atoms with Gasteiger partial charge in [0, 0.05) is 35.8 Å². The standard InChI is InChI=1S/C29H31N7O3/c1-18(2)32-26-15-22(12-13-30-26)39-21-9-7-20(8-10-21)33-28(37)34-24-16-36(29(3,4)5)35-27(24)19-6-11-25-23(14-19)31-17-38-25/h6-18H,1-5H3,(H,30,32)(H2,33,34,37). The predicted molar refractivity (Wildman–Crippen MR) is 152 cm³/mol. The zero-order chi connectivity index (χ0) is 27.6. The summed E-state index contributed by atoms with van der Waals surface area (Å²) < 4.78 is 13.1. The summed E-state index contributed by atoms with van der Waals surface area (Å²) in [6.45, 7) is 10.2. The topological polar surface area (TPSA) is 119 Å². The number of carbonyl (C=O) groups excluding carboxylic acids is 1. The average Bonchev–Trinajstić information content (AvgIpc) is 3.51. The van der Waals surface area contributed by atoms with Crippen molar-refractivity contribution >= 4 is 34.3 Å². The van der Waals surface area contributed by atoms with Crippen molar-refractivity contribution in [2.45, 2.75) is 46.2 Å². The Morgan fingerprint density at radius 1 is 0.974 bits per heavy atom. The number of amides is 2. The highest BCUT2D eigenvalue weighted by Crippen LogP contribution is 2.31. The Balaban J connectivity index is 1.29. The highest BCUT2D eigenvalue weighted by molar-refractivity contribution is 6.02. The highest BCUT2D eigenvalue weighted by Gasteiger charge is 2.21. The summed E-state index contributed by atoms with van der Waals surface area (Å²) in [6, 6.07) is 16.3. The van der Waals surface area contributed by atoms with E-state index in [0.29, 0.717) is 34.2 Å². The zero-order valence-electron chi connectivity index (χ0n) is 22.5. The quantitative estimate of drug-likeness (QED) is 0.207. The van der Waals surface area contributed by atoms with Gasteiger partial charge >= 0.3 is 6.03 Å². The molecular weight excluding hydrogens is 494 g/mol. The number of pyridine rings is 1. The highest BCUT2D eigenvalue weighted by atomic mass is 16.5. The molecule has 3 N–H and O–H groups in total. The molecule has 0 saturated heterocycles. The lowest BCUT2D eigenvalue weighted by molar-refractivity contribution is 0.262. The van der Waals surface area contributed by atoms with E-state index in [9.17, 15) is 4.79 Å². The SMILES string of the molecule is CC(C)Nc1cc(Oc2ccc(NC(=O)Nc3cn(C(C)(C)C)nc3-c3ccc4ocnc4c3)cc2)ccn1. The van der Waals surface area contributed by atoms with E-state index in [0.717, 1.165) is 16.9 Å². The number of nitrogens with zero attached hydrogens (tertiary/aromatic N) is 4. The van der Waals surface area contributed by atoms with E-state index in [1.54, 1.807) is 36.5 Å². The molecule has 0 aliphatic heterocycles. The van der Waals surface area contributed by atoms with Gasteiger partial charge in [0.05, 0.1) is 11.2 Å². The number of oxazole rings is 1. The second-order valence-electron chi connectivity index (χ2n) is 10.4. The van der Waals surface area contributed by atoms with Crippen LogP contribution in [0.1, 0.15) is 34.6 Å². The molecule has 0 bridgehead atoms. The number of ether oxygens (including phenoxy) is 1. The number of hydrogen-bond acceptors (Lipinski definition) is 7. The van der Waals surface area contributed by atoms with Crippen LogP contribution in [0.3, 0.4) is 0 Å². The second-order valence-corrected chi connectivity index (χ2v) is 10.4. The Labute approximate surface area is 226 Å². The van der Waals surface area contributed by atoms with Gasteiger partial charge in [0.1, 0.15) is 28.5 Å². The molecule has 0 atom stereocenters. The summed E-state index contributed by atoms with van der Waals surface area (Å²) in [5, 5.41) is 13.8. The zero-order valence-corrected chi connectivity index (χ0v) is 22.5. The fourth-order valence-corrected chi connectivity index (χ4v) is 3.90. The van der Waals surface area contributed by atoms with E-state index in [-0.39, 0.29) is 17.6 Å². The number of benzene rings is 2. The van der Waals surface area contributed by atoms with Gasteiger partial charge in [-0.3, -0.25) is 4.68 Å². The fraction of sp³-hybridized carbons (Fsp3) is 0.241. The van der Waals surface area contributed by atoms with E-state index in [1.165, 1.54) is 6.39 Å². The Hall–Kier alpha value is -4.86. The lowest BCUT2D eigenvalue weighted by Crippen LogP contribution is -2.22. The summed E-state index contributed by atoms with van der Waals surface area (Å²) >= 11 is 0. The number of hydrogen-bond donors (Lipinski definition) is 3. The first-order valence-corrected chi connectivity index (χ1v) is 12.7. The van der Waals surface area contributed by atoms with E-state index in [4.69, 9.17) is 14.3 Å². The van der Waals surface area contributed by atoms with Crippen LogP contribution in [0.4, 0.5) is 22.0 Å². The van der Waals surface area contributed by atoms with Gasteiger partial charge in [0.2, 0.25) is 0 Å². The van der Waals surface area contributed by atoms with Crippen LogP contribution >= 0.6 is 0 Å². The van der Waals surface area contributed by atoms with Crippen molar-refractivity contribution in [1.82, 2.24) is 19.7 Å². The maximum Gasteiger partial charge on any atom is 0.323 e. The second kappa shape index (κ2) is 10.5. The molecule has 2 aromatic carbocycles. The minimum atomic E-state index is -0.389. The molecule has 0 fully saturated rings. The Kier molecular flexibility index (Phi) is 6.93. The van der Waals surface area contributed by atoms with Gasteiger partial charge in [-0.15, -0.1) is 0 Å². The molecule has 10 nitrogen and oxygen atoms in total. The smallest absolute Gasteiger partial charge is 0.323 e. The van der Waals surface area contributed by atoms with Crippen LogP contribution < -0.4 is 20.7 Å². The van der Waals surface area contributed by atoms with Crippen molar-refractivity contribution in [2.24, 2.45) is 0 Å². The van der Waals surface area contributed by atoms with Gasteiger partial charge in [-0.25, -0.2) is 14.8 Å². The number of rotatable bonds is 7. The normalized spacial score (nSPS) is 11.5. The summed E-state index contributed by atoms with van der Waals surface area (Å²) in [6.07, 6.45) is 4.93. The predicted octanol–water partition coefficient (Wildman–Crippen LogP) is 7.10.